The van der Waals surface area contributed by atoms with Gasteiger partial charge in [0.2, 0.25) is 0 Å². The molecular formula is C22H39ClF4O5. The first-order valence-electron chi connectivity index (χ1n) is 11.4. The molecular weight excluding hydrogens is 456 g/mol. The molecule has 10 heteroatoms. The van der Waals surface area contributed by atoms with E-state index in [1.54, 1.807) is 0 Å². The van der Waals surface area contributed by atoms with Gasteiger partial charge in [0.05, 0.1) is 6.10 Å². The van der Waals surface area contributed by atoms with E-state index in [-0.39, 0.29) is 12.8 Å². The maximum atomic E-state index is 13.2. The number of hydrogen-bond donors (Lipinski definition) is 2. The van der Waals surface area contributed by atoms with Gasteiger partial charge in [-0.3, -0.25) is 4.79 Å². The van der Waals surface area contributed by atoms with E-state index in [0.717, 1.165) is 19.3 Å². The molecule has 0 aliphatic rings. The molecule has 0 spiro atoms. The first-order valence-corrected chi connectivity index (χ1v) is 11.7. The number of carbonyl (C=O) groups is 2. The Morgan fingerprint density at radius 3 is 1.81 bits per heavy atom. The van der Waals surface area contributed by atoms with Gasteiger partial charge in [0.25, 0.3) is 5.13 Å². The van der Waals surface area contributed by atoms with Gasteiger partial charge >= 0.3 is 18.1 Å². The van der Waals surface area contributed by atoms with Crippen LogP contribution in [0.3, 0.4) is 0 Å². The van der Waals surface area contributed by atoms with Gasteiger partial charge in [-0.25, -0.2) is 9.18 Å². The molecule has 2 unspecified atom stereocenters. The van der Waals surface area contributed by atoms with E-state index in [2.05, 4.69) is 6.92 Å². The van der Waals surface area contributed by atoms with E-state index in [1.807, 2.05) is 6.92 Å². The van der Waals surface area contributed by atoms with E-state index in [0.29, 0.717) is 19.3 Å². The van der Waals surface area contributed by atoms with Gasteiger partial charge in [0.1, 0.15) is 6.61 Å². The number of halogens is 5. The summed E-state index contributed by atoms with van der Waals surface area (Å²) in [4.78, 5) is 20.6. The number of alkyl halides is 5. The number of ether oxygens (including phenoxy) is 1. The fraction of sp³-hybridized carbons (Fsp3) is 0.909. The topological polar surface area (TPSA) is 83.8 Å². The van der Waals surface area contributed by atoms with Crippen LogP contribution in [0.25, 0.3) is 0 Å². The lowest BCUT2D eigenvalue weighted by Crippen LogP contribution is -2.28. The summed E-state index contributed by atoms with van der Waals surface area (Å²) in [5.41, 5.74) is 0. The summed E-state index contributed by atoms with van der Waals surface area (Å²) in [5.74, 6) is -2.45. The minimum absolute atomic E-state index is 0.0402. The first kappa shape index (κ1) is 33.1. The van der Waals surface area contributed by atoms with Crippen LogP contribution in [-0.2, 0) is 14.3 Å². The predicted molar refractivity (Wildman–Crippen MR) is 117 cm³/mol. The van der Waals surface area contributed by atoms with E-state index < -0.39 is 42.4 Å². The van der Waals surface area contributed by atoms with Crippen LogP contribution in [0.4, 0.5) is 17.6 Å². The highest BCUT2D eigenvalue weighted by molar-refractivity contribution is 6.32. The monoisotopic (exact) mass is 494 g/mol. The Morgan fingerprint density at radius 2 is 1.34 bits per heavy atom. The molecule has 0 aromatic rings. The maximum absolute atomic E-state index is 13.2. The molecule has 2 N–H and O–H groups in total. The molecule has 0 radical (unpaired) electrons. The summed E-state index contributed by atoms with van der Waals surface area (Å²) < 4.78 is 54.2. The van der Waals surface area contributed by atoms with Crippen LogP contribution in [0.2, 0.25) is 0 Å². The summed E-state index contributed by atoms with van der Waals surface area (Å²) >= 11 is 5.12. The average molecular weight is 495 g/mol. The Balaban J connectivity index is 0. The van der Waals surface area contributed by atoms with Crippen molar-refractivity contribution in [1.29, 1.82) is 0 Å². The second-order valence-electron chi connectivity index (χ2n) is 7.86. The van der Waals surface area contributed by atoms with Crippen LogP contribution in [0.15, 0.2) is 0 Å². The van der Waals surface area contributed by atoms with Gasteiger partial charge < -0.3 is 14.9 Å². The second kappa shape index (κ2) is 19.4. The molecule has 0 aromatic carbocycles. The highest BCUT2D eigenvalue weighted by Crippen LogP contribution is 2.26. The molecule has 5 nitrogen and oxygen atoms in total. The third-order valence-electron chi connectivity index (χ3n) is 4.69. The van der Waals surface area contributed by atoms with Crippen molar-refractivity contribution in [2.24, 2.45) is 0 Å². The molecule has 192 valence electrons. The van der Waals surface area contributed by atoms with Gasteiger partial charge in [0, 0.05) is 12.8 Å². The van der Waals surface area contributed by atoms with E-state index in [9.17, 15) is 27.2 Å². The molecule has 0 rings (SSSR count). The lowest BCUT2D eigenvalue weighted by atomic mass is 10.0. The number of carboxylic acid groups (broad SMARTS) is 2. The van der Waals surface area contributed by atoms with Crippen molar-refractivity contribution in [3.05, 3.63) is 0 Å². The van der Waals surface area contributed by atoms with Crippen LogP contribution in [-0.4, -0.2) is 46.2 Å². The lowest BCUT2D eigenvalue weighted by molar-refractivity contribution is -0.186. The van der Waals surface area contributed by atoms with Gasteiger partial charge in [-0.15, -0.1) is 0 Å². The summed E-state index contributed by atoms with van der Waals surface area (Å²) in [7, 11) is 0. The minimum atomic E-state index is -4.41. The van der Waals surface area contributed by atoms with Crippen molar-refractivity contribution >= 4 is 23.5 Å². The van der Waals surface area contributed by atoms with Crippen LogP contribution >= 0.6 is 11.6 Å². The third-order valence-corrected chi connectivity index (χ3v) is 5.04. The molecule has 32 heavy (non-hydrogen) atoms. The standard InChI is InChI=1S/C12H19ClF4O3.C10H20O2/c1-2-3-5-9(20-8-12(15,16)17)6-4-7-11(13,14)10(18)19;1-2-3-4-5-6-7-8-9-10(11)12/h9H,2-8H2,1H3,(H,18,19);2-9H2,1H3,(H,11,12). The van der Waals surface area contributed by atoms with Gasteiger partial charge in [-0.05, 0) is 25.7 Å². The van der Waals surface area contributed by atoms with Gasteiger partial charge in [0.15, 0.2) is 0 Å². The molecule has 0 aliphatic carbocycles. The molecule has 0 bridgehead atoms. The molecule has 0 saturated carbocycles. The fourth-order valence-corrected chi connectivity index (χ4v) is 2.98. The quantitative estimate of drug-likeness (QED) is 0.117. The zero-order valence-electron chi connectivity index (χ0n) is 19.2. The highest BCUT2D eigenvalue weighted by Gasteiger charge is 2.35. The normalized spacial score (nSPS) is 14.2. The molecule has 0 fully saturated rings. The summed E-state index contributed by atoms with van der Waals surface area (Å²) in [5, 5.41) is 13.9. The van der Waals surface area contributed by atoms with Gasteiger partial charge in [-0.2, -0.15) is 13.2 Å². The van der Waals surface area contributed by atoms with Crippen molar-refractivity contribution in [3.63, 3.8) is 0 Å². The summed E-state index contributed by atoms with van der Waals surface area (Å²) in [6, 6.07) is 0. The van der Waals surface area contributed by atoms with Crippen LogP contribution in [0, 0.1) is 0 Å². The van der Waals surface area contributed by atoms with Crippen LogP contribution in [0.5, 0.6) is 0 Å². The fourth-order valence-electron chi connectivity index (χ4n) is 2.85. The van der Waals surface area contributed by atoms with Gasteiger partial charge in [-0.1, -0.05) is 76.8 Å². The Labute approximate surface area is 193 Å². The number of aliphatic carboxylic acids is 2. The molecule has 2 atom stereocenters. The largest absolute Gasteiger partial charge is 0.481 e. The first-order chi connectivity index (χ1) is 14.9. The second-order valence-corrected chi connectivity index (χ2v) is 8.46. The van der Waals surface area contributed by atoms with E-state index in [1.165, 1.54) is 32.1 Å². The Bertz CT molecular complexity index is 487. The van der Waals surface area contributed by atoms with Crippen molar-refractivity contribution in [1.82, 2.24) is 0 Å². The van der Waals surface area contributed by atoms with E-state index in [4.69, 9.17) is 26.6 Å². The third kappa shape index (κ3) is 23.6. The van der Waals surface area contributed by atoms with Crippen molar-refractivity contribution in [3.8, 4) is 0 Å². The minimum Gasteiger partial charge on any atom is -0.481 e. The number of carboxylic acids is 2. The van der Waals surface area contributed by atoms with Crippen molar-refractivity contribution in [2.45, 2.75) is 121 Å². The lowest BCUT2D eigenvalue weighted by Gasteiger charge is -2.20. The summed E-state index contributed by atoms with van der Waals surface area (Å²) in [6.45, 7) is 2.73. The highest BCUT2D eigenvalue weighted by atomic mass is 35.5. The van der Waals surface area contributed by atoms with E-state index >= 15 is 0 Å². The van der Waals surface area contributed by atoms with Crippen molar-refractivity contribution in [2.75, 3.05) is 6.61 Å². The molecule has 0 amide bonds. The Kier molecular flexibility index (Phi) is 20.0. The SMILES string of the molecule is CCCCC(CCCC(F)(Cl)C(=O)O)OCC(F)(F)F.CCCCCCCCCC(=O)O. The molecule has 0 aliphatic heterocycles. The zero-order valence-corrected chi connectivity index (χ0v) is 19.9. The molecule has 0 aromatic heterocycles. The Morgan fingerprint density at radius 1 is 0.844 bits per heavy atom. The zero-order chi connectivity index (χ0) is 25.0. The number of rotatable bonds is 18. The van der Waals surface area contributed by atoms with Crippen molar-refractivity contribution < 1.29 is 42.1 Å². The molecule has 0 heterocycles. The van der Waals surface area contributed by atoms with Crippen LogP contribution in [0.1, 0.15) is 104 Å². The van der Waals surface area contributed by atoms with Crippen LogP contribution < -0.4 is 0 Å². The average Bonchev–Trinajstić information content (AvgIpc) is 2.68. The smallest absolute Gasteiger partial charge is 0.411 e. The number of hydrogen-bond acceptors (Lipinski definition) is 3. The molecule has 0 saturated heterocycles. The Hall–Kier alpha value is -1.09. The summed E-state index contributed by atoms with van der Waals surface area (Å²) in [6.07, 6.45) is 5.17. The predicted octanol–water partition coefficient (Wildman–Crippen LogP) is 7.50. The maximum Gasteiger partial charge on any atom is 0.411 e. The number of unbranched alkanes of at least 4 members (excludes halogenated alkanes) is 7.